The molecule has 3 nitrogen and oxygen atoms in total. The number of hydrogen-bond acceptors (Lipinski definition) is 3. The maximum Gasteiger partial charge on any atom is 0.0156 e. The van der Waals surface area contributed by atoms with Gasteiger partial charge in [-0.2, -0.15) is 0 Å². The molecule has 0 spiro atoms. The number of rotatable bonds is 8. The Morgan fingerprint density at radius 3 is 2.45 bits per heavy atom. The minimum Gasteiger partial charge on any atom is -0.316 e. The van der Waals surface area contributed by atoms with Crippen LogP contribution in [0.4, 0.5) is 0 Å². The second kappa shape index (κ2) is 8.35. The topological polar surface area (TPSA) is 18.5 Å². The molecular formula is C17H37N3. The van der Waals surface area contributed by atoms with Gasteiger partial charge in [-0.25, -0.2) is 0 Å². The van der Waals surface area contributed by atoms with E-state index in [9.17, 15) is 0 Å². The normalized spacial score (nSPS) is 26.4. The van der Waals surface area contributed by atoms with Crippen molar-refractivity contribution in [1.29, 1.82) is 0 Å². The Hall–Kier alpha value is -0.120. The summed E-state index contributed by atoms with van der Waals surface area (Å²) in [5.41, 5.74) is 0.445. The Labute approximate surface area is 127 Å². The monoisotopic (exact) mass is 283 g/mol. The van der Waals surface area contributed by atoms with Crippen molar-refractivity contribution in [2.75, 3.05) is 47.3 Å². The van der Waals surface area contributed by atoms with E-state index in [1.54, 1.807) is 0 Å². The standard InChI is InChI=1S/C17H37N3/c1-7-20(13-9-12-19(5)6)14-15-10-8-11-17(2,3)16(15)18-4/h15-16,18H,7-14H2,1-6H3. The second-order valence-electron chi connectivity index (χ2n) is 7.46. The Bertz CT molecular complexity index is 263. The molecule has 0 aromatic carbocycles. The lowest BCUT2D eigenvalue weighted by Crippen LogP contribution is -2.51. The van der Waals surface area contributed by atoms with E-state index >= 15 is 0 Å². The van der Waals surface area contributed by atoms with E-state index in [-0.39, 0.29) is 0 Å². The molecule has 1 aliphatic carbocycles. The molecule has 1 fully saturated rings. The highest BCUT2D eigenvalue weighted by Gasteiger charge is 2.38. The highest BCUT2D eigenvalue weighted by Crippen LogP contribution is 2.39. The van der Waals surface area contributed by atoms with Crippen LogP contribution in [0.2, 0.25) is 0 Å². The van der Waals surface area contributed by atoms with E-state index < -0.39 is 0 Å². The van der Waals surface area contributed by atoms with Crippen molar-refractivity contribution >= 4 is 0 Å². The third kappa shape index (κ3) is 5.34. The number of nitrogens with zero attached hydrogens (tertiary/aromatic N) is 2. The molecule has 0 bridgehead atoms. The summed E-state index contributed by atoms with van der Waals surface area (Å²) in [4.78, 5) is 4.94. The van der Waals surface area contributed by atoms with Crippen LogP contribution in [0.3, 0.4) is 0 Å². The predicted molar refractivity (Wildman–Crippen MR) is 89.3 cm³/mol. The molecule has 1 rings (SSSR count). The van der Waals surface area contributed by atoms with Crippen molar-refractivity contribution in [3.8, 4) is 0 Å². The molecule has 0 radical (unpaired) electrons. The molecular weight excluding hydrogens is 246 g/mol. The van der Waals surface area contributed by atoms with Gasteiger partial charge in [0.25, 0.3) is 0 Å². The van der Waals surface area contributed by atoms with Gasteiger partial charge in [0.2, 0.25) is 0 Å². The van der Waals surface area contributed by atoms with Gasteiger partial charge >= 0.3 is 0 Å². The summed E-state index contributed by atoms with van der Waals surface area (Å²) in [7, 11) is 6.47. The first-order valence-electron chi connectivity index (χ1n) is 8.45. The lowest BCUT2D eigenvalue weighted by molar-refractivity contribution is 0.0839. The van der Waals surface area contributed by atoms with E-state index in [1.807, 2.05) is 0 Å². The zero-order valence-electron chi connectivity index (χ0n) is 14.7. The number of nitrogens with one attached hydrogen (secondary N) is 1. The van der Waals surface area contributed by atoms with Gasteiger partial charge in [0.15, 0.2) is 0 Å². The predicted octanol–water partition coefficient (Wildman–Crippen LogP) is 2.67. The summed E-state index contributed by atoms with van der Waals surface area (Å²) in [6, 6.07) is 0.666. The third-order valence-corrected chi connectivity index (χ3v) is 5.04. The molecule has 0 aliphatic heterocycles. The summed E-state index contributed by atoms with van der Waals surface area (Å²) in [6.07, 6.45) is 5.42. The molecule has 0 aromatic heterocycles. The first-order chi connectivity index (χ1) is 9.40. The third-order valence-electron chi connectivity index (χ3n) is 5.04. The van der Waals surface area contributed by atoms with E-state index in [0.717, 1.165) is 5.92 Å². The summed E-state index contributed by atoms with van der Waals surface area (Å²) < 4.78 is 0. The lowest BCUT2D eigenvalue weighted by Gasteiger charge is -2.45. The van der Waals surface area contributed by atoms with Gasteiger partial charge in [-0.3, -0.25) is 0 Å². The van der Waals surface area contributed by atoms with Crippen LogP contribution in [0.1, 0.15) is 46.5 Å². The Morgan fingerprint density at radius 2 is 1.90 bits per heavy atom. The van der Waals surface area contributed by atoms with E-state index in [1.165, 1.54) is 51.9 Å². The summed E-state index contributed by atoms with van der Waals surface area (Å²) >= 11 is 0. The van der Waals surface area contributed by atoms with Crippen LogP contribution in [0.15, 0.2) is 0 Å². The molecule has 2 unspecified atom stereocenters. The highest BCUT2D eigenvalue weighted by atomic mass is 15.1. The van der Waals surface area contributed by atoms with Crippen LogP contribution >= 0.6 is 0 Å². The van der Waals surface area contributed by atoms with Crippen LogP contribution in [-0.4, -0.2) is 63.2 Å². The fourth-order valence-corrected chi connectivity index (χ4v) is 3.92. The van der Waals surface area contributed by atoms with Crippen molar-refractivity contribution in [2.24, 2.45) is 11.3 Å². The van der Waals surface area contributed by atoms with E-state index in [2.05, 4.69) is 57.0 Å². The molecule has 120 valence electrons. The number of hydrogen-bond donors (Lipinski definition) is 1. The molecule has 1 saturated carbocycles. The fraction of sp³-hybridized carbons (Fsp3) is 1.00. The average Bonchev–Trinajstić information content (AvgIpc) is 2.36. The second-order valence-corrected chi connectivity index (χ2v) is 7.46. The highest BCUT2D eigenvalue weighted by molar-refractivity contribution is 4.93. The molecule has 0 saturated heterocycles. The summed E-state index contributed by atoms with van der Waals surface area (Å²) in [5, 5.41) is 3.61. The van der Waals surface area contributed by atoms with Gasteiger partial charge in [-0.05, 0) is 71.4 Å². The van der Waals surface area contributed by atoms with Gasteiger partial charge in [0.1, 0.15) is 0 Å². The van der Waals surface area contributed by atoms with Crippen molar-refractivity contribution in [1.82, 2.24) is 15.1 Å². The first kappa shape index (κ1) is 17.9. The van der Waals surface area contributed by atoms with Crippen LogP contribution in [0.5, 0.6) is 0 Å². The van der Waals surface area contributed by atoms with Gasteiger partial charge < -0.3 is 15.1 Å². The van der Waals surface area contributed by atoms with Crippen molar-refractivity contribution in [2.45, 2.75) is 52.5 Å². The van der Waals surface area contributed by atoms with Crippen LogP contribution in [0.25, 0.3) is 0 Å². The van der Waals surface area contributed by atoms with Gasteiger partial charge in [-0.15, -0.1) is 0 Å². The van der Waals surface area contributed by atoms with Crippen molar-refractivity contribution < 1.29 is 0 Å². The smallest absolute Gasteiger partial charge is 0.0156 e. The van der Waals surface area contributed by atoms with Gasteiger partial charge in [0, 0.05) is 12.6 Å². The largest absolute Gasteiger partial charge is 0.316 e. The zero-order valence-corrected chi connectivity index (χ0v) is 14.7. The molecule has 3 heteroatoms. The zero-order chi connectivity index (χ0) is 15.2. The van der Waals surface area contributed by atoms with E-state index in [0.29, 0.717) is 11.5 Å². The summed E-state index contributed by atoms with van der Waals surface area (Å²) in [5.74, 6) is 0.808. The Morgan fingerprint density at radius 1 is 1.20 bits per heavy atom. The Balaban J connectivity index is 2.50. The molecule has 20 heavy (non-hydrogen) atoms. The van der Waals surface area contributed by atoms with Gasteiger partial charge in [-0.1, -0.05) is 27.2 Å². The molecule has 0 amide bonds. The fourth-order valence-electron chi connectivity index (χ4n) is 3.92. The minimum atomic E-state index is 0.445. The molecule has 1 aliphatic rings. The molecule has 2 atom stereocenters. The van der Waals surface area contributed by atoms with E-state index in [4.69, 9.17) is 0 Å². The van der Waals surface area contributed by atoms with Crippen molar-refractivity contribution in [3.05, 3.63) is 0 Å². The SMILES string of the molecule is CCN(CCCN(C)C)CC1CCCC(C)(C)C1NC. The van der Waals surface area contributed by atoms with Crippen LogP contribution in [-0.2, 0) is 0 Å². The van der Waals surface area contributed by atoms with Gasteiger partial charge in [0.05, 0.1) is 0 Å². The molecule has 0 heterocycles. The maximum absolute atomic E-state index is 3.61. The molecule has 1 N–H and O–H groups in total. The van der Waals surface area contributed by atoms with Crippen molar-refractivity contribution in [3.63, 3.8) is 0 Å². The quantitative estimate of drug-likeness (QED) is 0.739. The molecule has 0 aromatic rings. The first-order valence-corrected chi connectivity index (χ1v) is 8.45. The Kier molecular flexibility index (Phi) is 7.49. The maximum atomic E-state index is 3.61. The summed E-state index contributed by atoms with van der Waals surface area (Å²) in [6.45, 7) is 12.0. The lowest BCUT2D eigenvalue weighted by atomic mass is 9.68. The van der Waals surface area contributed by atoms with Crippen LogP contribution in [0, 0.1) is 11.3 Å². The average molecular weight is 284 g/mol. The van der Waals surface area contributed by atoms with Crippen LogP contribution < -0.4 is 5.32 Å². The minimum absolute atomic E-state index is 0.445.